The molecule has 1 atom stereocenters. The van der Waals surface area contributed by atoms with Crippen LogP contribution in [0.25, 0.3) is 0 Å². The molecule has 1 aliphatic heterocycles. The highest BCUT2D eigenvalue weighted by Gasteiger charge is 2.36. The van der Waals surface area contributed by atoms with Crippen LogP contribution in [0.3, 0.4) is 0 Å². The molecule has 0 saturated carbocycles. The van der Waals surface area contributed by atoms with Gasteiger partial charge >= 0.3 is 10.2 Å². The average Bonchev–Trinajstić information content (AvgIpc) is 2.13. The highest BCUT2D eigenvalue weighted by Crippen LogP contribution is 2.20. The number of hydrogen-bond acceptors (Lipinski definition) is 4. The van der Waals surface area contributed by atoms with Crippen molar-refractivity contribution in [3.63, 3.8) is 0 Å². The lowest BCUT2D eigenvalue weighted by molar-refractivity contribution is 0.415. The van der Waals surface area contributed by atoms with Crippen LogP contribution in [0.1, 0.15) is 6.42 Å². The zero-order chi connectivity index (χ0) is 10.3. The SMILES string of the molecule is CN1C(CS(=O)(=O)F)CCS1(=O)=O. The molecule has 13 heavy (non-hydrogen) atoms. The van der Waals surface area contributed by atoms with Crippen molar-refractivity contribution in [2.45, 2.75) is 12.5 Å². The molecule has 1 rings (SSSR count). The molecule has 1 aliphatic rings. The fourth-order valence-electron chi connectivity index (χ4n) is 1.26. The van der Waals surface area contributed by atoms with Gasteiger partial charge in [0.15, 0.2) is 0 Å². The summed E-state index contributed by atoms with van der Waals surface area (Å²) in [6, 6.07) is -0.750. The van der Waals surface area contributed by atoms with Crippen molar-refractivity contribution < 1.29 is 20.7 Å². The van der Waals surface area contributed by atoms with Crippen LogP contribution in [0, 0.1) is 0 Å². The third-order valence-electron chi connectivity index (χ3n) is 2.05. The molecule has 0 radical (unpaired) electrons. The maximum absolute atomic E-state index is 12.2. The van der Waals surface area contributed by atoms with E-state index in [1.165, 1.54) is 7.05 Å². The van der Waals surface area contributed by atoms with Crippen molar-refractivity contribution in [1.82, 2.24) is 4.31 Å². The van der Waals surface area contributed by atoms with Crippen LogP contribution in [-0.2, 0) is 20.2 Å². The van der Waals surface area contributed by atoms with E-state index in [9.17, 15) is 20.7 Å². The van der Waals surface area contributed by atoms with Gasteiger partial charge in [-0.25, -0.2) is 12.7 Å². The van der Waals surface area contributed by atoms with Crippen molar-refractivity contribution in [3.8, 4) is 0 Å². The van der Waals surface area contributed by atoms with Gasteiger partial charge in [-0.05, 0) is 6.42 Å². The van der Waals surface area contributed by atoms with Crippen molar-refractivity contribution in [2.24, 2.45) is 0 Å². The topological polar surface area (TPSA) is 71.5 Å². The van der Waals surface area contributed by atoms with E-state index in [0.717, 1.165) is 4.31 Å². The Morgan fingerprint density at radius 2 is 2.08 bits per heavy atom. The molecule has 1 heterocycles. The summed E-state index contributed by atoms with van der Waals surface area (Å²) < 4.78 is 55.8. The van der Waals surface area contributed by atoms with Crippen LogP contribution in [0.15, 0.2) is 0 Å². The Balaban J connectivity index is 2.78. The summed E-state index contributed by atoms with van der Waals surface area (Å²) in [6.07, 6.45) is 0.169. The third-order valence-corrected chi connectivity index (χ3v) is 4.76. The monoisotopic (exact) mass is 231 g/mol. The molecule has 0 spiro atoms. The van der Waals surface area contributed by atoms with Gasteiger partial charge in [0.2, 0.25) is 10.0 Å². The Morgan fingerprint density at radius 3 is 2.38 bits per heavy atom. The first-order valence-electron chi connectivity index (χ1n) is 3.60. The molecule has 1 fully saturated rings. The Labute approximate surface area is 76.8 Å². The van der Waals surface area contributed by atoms with E-state index >= 15 is 0 Å². The lowest BCUT2D eigenvalue weighted by Gasteiger charge is -2.15. The maximum atomic E-state index is 12.2. The van der Waals surface area contributed by atoms with E-state index in [4.69, 9.17) is 0 Å². The molecule has 0 N–H and O–H groups in total. The van der Waals surface area contributed by atoms with Crippen LogP contribution >= 0.6 is 0 Å². The van der Waals surface area contributed by atoms with Gasteiger partial charge in [-0.2, -0.15) is 8.42 Å². The first-order chi connectivity index (χ1) is 5.72. The second-order valence-electron chi connectivity index (χ2n) is 2.98. The summed E-state index contributed by atoms with van der Waals surface area (Å²) in [5.41, 5.74) is 0. The number of hydrogen-bond donors (Lipinski definition) is 0. The predicted octanol–water partition coefficient (Wildman–Crippen LogP) is -0.680. The second-order valence-corrected chi connectivity index (χ2v) is 6.54. The minimum absolute atomic E-state index is 0.107. The van der Waals surface area contributed by atoms with Crippen LogP contribution in [0.5, 0.6) is 0 Å². The molecule has 5 nitrogen and oxygen atoms in total. The van der Waals surface area contributed by atoms with Crippen LogP contribution < -0.4 is 0 Å². The second kappa shape index (κ2) is 3.18. The Kier molecular flexibility index (Phi) is 2.65. The lowest BCUT2D eigenvalue weighted by atomic mass is 10.3. The van der Waals surface area contributed by atoms with Crippen molar-refractivity contribution >= 4 is 20.2 Å². The Hall–Kier alpha value is -0.210. The van der Waals surface area contributed by atoms with Gasteiger partial charge in [-0.1, -0.05) is 0 Å². The zero-order valence-electron chi connectivity index (χ0n) is 6.97. The van der Waals surface area contributed by atoms with Gasteiger partial charge in [0.25, 0.3) is 0 Å². The zero-order valence-corrected chi connectivity index (χ0v) is 8.61. The number of sulfonamides is 1. The van der Waals surface area contributed by atoms with Gasteiger partial charge < -0.3 is 0 Å². The third kappa shape index (κ3) is 2.61. The smallest absolute Gasteiger partial charge is 0.212 e. The molecule has 0 aromatic heterocycles. The lowest BCUT2D eigenvalue weighted by Crippen LogP contribution is -2.33. The first-order valence-corrected chi connectivity index (χ1v) is 6.76. The first kappa shape index (κ1) is 10.9. The number of nitrogens with zero attached hydrogens (tertiary/aromatic N) is 1. The van der Waals surface area contributed by atoms with Gasteiger partial charge in [-0.3, -0.25) is 0 Å². The molecule has 0 bridgehead atoms. The van der Waals surface area contributed by atoms with Crippen molar-refractivity contribution in [2.75, 3.05) is 18.6 Å². The molecular formula is C5H10FNO4S2. The highest BCUT2D eigenvalue weighted by atomic mass is 32.3. The summed E-state index contributed by atoms with van der Waals surface area (Å²) in [6.45, 7) is 0. The van der Waals surface area contributed by atoms with Gasteiger partial charge in [0.05, 0.1) is 11.5 Å². The molecule has 0 amide bonds. The summed E-state index contributed by atoms with van der Waals surface area (Å²) >= 11 is 0. The number of halogens is 1. The maximum Gasteiger partial charge on any atom is 0.303 e. The van der Waals surface area contributed by atoms with E-state index in [1.54, 1.807) is 0 Å². The molecule has 1 saturated heterocycles. The predicted molar refractivity (Wildman–Crippen MR) is 44.8 cm³/mol. The van der Waals surface area contributed by atoms with Gasteiger partial charge in [-0.15, -0.1) is 3.89 Å². The van der Waals surface area contributed by atoms with Crippen LogP contribution in [-0.4, -0.2) is 45.7 Å². The quantitative estimate of drug-likeness (QED) is 0.590. The van der Waals surface area contributed by atoms with Gasteiger partial charge in [0, 0.05) is 13.1 Å². The molecule has 78 valence electrons. The van der Waals surface area contributed by atoms with Crippen LogP contribution in [0.2, 0.25) is 0 Å². The van der Waals surface area contributed by atoms with Gasteiger partial charge in [0.1, 0.15) is 0 Å². The largest absolute Gasteiger partial charge is 0.303 e. The normalized spacial score (nSPS) is 29.2. The fraction of sp³-hybridized carbons (Fsp3) is 1.00. The van der Waals surface area contributed by atoms with Crippen molar-refractivity contribution in [3.05, 3.63) is 0 Å². The molecular weight excluding hydrogens is 221 g/mol. The summed E-state index contributed by atoms with van der Waals surface area (Å²) in [4.78, 5) is 0. The van der Waals surface area contributed by atoms with E-state index in [-0.39, 0.29) is 12.2 Å². The fourth-order valence-corrected chi connectivity index (χ4v) is 3.69. The Bertz CT molecular complexity index is 387. The average molecular weight is 231 g/mol. The molecule has 8 heteroatoms. The van der Waals surface area contributed by atoms with E-state index < -0.39 is 32.0 Å². The summed E-state index contributed by atoms with van der Waals surface area (Å²) in [5, 5.41) is 0. The van der Waals surface area contributed by atoms with Crippen LogP contribution in [0.4, 0.5) is 3.89 Å². The summed E-state index contributed by atoms with van der Waals surface area (Å²) in [7, 11) is -6.68. The van der Waals surface area contributed by atoms with E-state index in [0.29, 0.717) is 0 Å². The number of rotatable bonds is 2. The standard InChI is InChI=1S/C5H10FNO4S2/c1-7-5(4-12(6,8)9)2-3-13(7,10)11/h5H,2-4H2,1H3. The highest BCUT2D eigenvalue weighted by molar-refractivity contribution is 7.89. The molecule has 0 aromatic carbocycles. The van der Waals surface area contributed by atoms with E-state index in [1.807, 2.05) is 0 Å². The van der Waals surface area contributed by atoms with E-state index in [2.05, 4.69) is 0 Å². The minimum Gasteiger partial charge on any atom is -0.212 e. The minimum atomic E-state index is -4.60. The molecule has 0 aromatic rings. The summed E-state index contributed by atoms with van der Waals surface area (Å²) in [5.74, 6) is -0.855. The molecule has 1 unspecified atom stereocenters. The molecule has 0 aliphatic carbocycles. The van der Waals surface area contributed by atoms with Crippen molar-refractivity contribution in [1.29, 1.82) is 0 Å². The Morgan fingerprint density at radius 1 is 1.54 bits per heavy atom.